The van der Waals surface area contributed by atoms with E-state index >= 15 is 0 Å². The largest absolute Gasteiger partial charge is 0.457 e. The highest BCUT2D eigenvalue weighted by Crippen LogP contribution is 2.37. The Bertz CT molecular complexity index is 2390. The zero-order valence-corrected chi connectivity index (χ0v) is 34.4. The van der Waals surface area contributed by atoms with Gasteiger partial charge in [-0.1, -0.05) is 97.4 Å². The van der Waals surface area contributed by atoms with Crippen LogP contribution in [-0.2, 0) is 19.3 Å². The minimum Gasteiger partial charge on any atom is -0.457 e. The number of pyridine rings is 1. The van der Waals surface area contributed by atoms with Gasteiger partial charge in [0.05, 0.1) is 22.9 Å². The maximum Gasteiger partial charge on any atom is 0.137 e. The van der Waals surface area contributed by atoms with Crippen molar-refractivity contribution in [3.63, 3.8) is 0 Å². The summed E-state index contributed by atoms with van der Waals surface area (Å²) in [4.78, 5) is 4.86. The summed E-state index contributed by atoms with van der Waals surface area (Å²) in [6.45, 7) is 20.8. The lowest BCUT2D eigenvalue weighted by molar-refractivity contribution is 0.376. The molecule has 3 aromatic heterocycles. The number of aryl methyl sites for hydroxylation is 4. The number of aromatic nitrogens is 4. The van der Waals surface area contributed by atoms with E-state index in [0.717, 1.165) is 72.6 Å². The number of nitrogens with zero attached hydrogens (tertiary/aromatic N) is 4. The van der Waals surface area contributed by atoms with Gasteiger partial charge < -0.3 is 4.74 Å². The quantitative estimate of drug-likeness (QED) is 0.126. The summed E-state index contributed by atoms with van der Waals surface area (Å²) >= 11 is 0. The lowest BCUT2D eigenvalue weighted by Gasteiger charge is -2.23. The summed E-state index contributed by atoms with van der Waals surface area (Å²) < 4.78 is 10.9. The van der Waals surface area contributed by atoms with Gasteiger partial charge in [-0.25, -0.2) is 9.67 Å². The van der Waals surface area contributed by atoms with E-state index in [0.29, 0.717) is 5.92 Å². The molecule has 0 aliphatic rings. The second kappa shape index (κ2) is 15.5. The van der Waals surface area contributed by atoms with Crippen LogP contribution in [0.4, 0.5) is 0 Å². The van der Waals surface area contributed by atoms with Crippen LogP contribution in [-0.4, -0.2) is 19.3 Å². The van der Waals surface area contributed by atoms with E-state index in [4.69, 9.17) is 14.8 Å². The Morgan fingerprint density at radius 3 is 2.09 bits per heavy atom. The molecule has 0 saturated heterocycles. The Morgan fingerprint density at radius 1 is 0.691 bits per heavy atom. The first kappa shape index (κ1) is 38.1. The Balaban J connectivity index is 1.21. The third kappa shape index (κ3) is 9.05. The van der Waals surface area contributed by atoms with Gasteiger partial charge in [0.15, 0.2) is 0 Å². The van der Waals surface area contributed by atoms with Gasteiger partial charge in [0.1, 0.15) is 17.3 Å². The van der Waals surface area contributed by atoms with E-state index in [1.54, 1.807) is 0 Å². The van der Waals surface area contributed by atoms with E-state index < -0.39 is 0 Å². The molecule has 284 valence electrons. The average molecular weight is 731 g/mol. The first-order valence-corrected chi connectivity index (χ1v) is 20.1. The fourth-order valence-corrected chi connectivity index (χ4v) is 7.60. The van der Waals surface area contributed by atoms with Gasteiger partial charge in [0.2, 0.25) is 0 Å². The molecule has 0 atom stereocenters. The topological polar surface area (TPSA) is 44.9 Å². The molecule has 0 aliphatic carbocycles. The molecule has 0 bridgehead atoms. The molecule has 5 heteroatoms. The molecule has 7 rings (SSSR count). The molecule has 0 aliphatic heterocycles. The van der Waals surface area contributed by atoms with Crippen molar-refractivity contribution in [1.82, 2.24) is 19.3 Å². The molecule has 0 N–H and O–H groups in total. The van der Waals surface area contributed by atoms with Crippen molar-refractivity contribution in [1.29, 1.82) is 0 Å². The summed E-state index contributed by atoms with van der Waals surface area (Å²) in [6.07, 6.45) is 12.7. The Morgan fingerprint density at radius 2 is 1.38 bits per heavy atom. The fraction of sp³-hybridized carbons (Fsp3) is 0.360. The fourth-order valence-electron chi connectivity index (χ4n) is 7.60. The van der Waals surface area contributed by atoms with Gasteiger partial charge in [0, 0.05) is 40.9 Å². The van der Waals surface area contributed by atoms with Crippen molar-refractivity contribution < 1.29 is 4.74 Å². The van der Waals surface area contributed by atoms with Gasteiger partial charge in [-0.15, -0.1) is 0 Å². The number of hydrogen-bond donors (Lipinski definition) is 0. The molecule has 4 aromatic carbocycles. The molecule has 0 amide bonds. The molecule has 0 fully saturated rings. The minimum atomic E-state index is 0.257. The summed E-state index contributed by atoms with van der Waals surface area (Å²) in [5, 5.41) is 7.30. The molecule has 3 heterocycles. The van der Waals surface area contributed by atoms with Crippen molar-refractivity contribution in [2.45, 2.75) is 101 Å². The van der Waals surface area contributed by atoms with Gasteiger partial charge in [-0.05, 0) is 127 Å². The molecule has 0 saturated carbocycles. The first-order valence-electron chi connectivity index (χ1n) is 20.1. The summed E-state index contributed by atoms with van der Waals surface area (Å²) in [5.41, 5.74) is 11.7. The lowest BCUT2D eigenvalue weighted by atomic mass is 9.82. The van der Waals surface area contributed by atoms with Crippen LogP contribution < -0.4 is 4.74 Å². The van der Waals surface area contributed by atoms with Gasteiger partial charge in [0.25, 0.3) is 0 Å². The van der Waals surface area contributed by atoms with Crippen LogP contribution in [0.5, 0.6) is 11.5 Å². The molecule has 5 nitrogen and oxygen atoms in total. The highest BCUT2D eigenvalue weighted by molar-refractivity contribution is 6.09. The molecule has 0 spiro atoms. The predicted octanol–water partition coefficient (Wildman–Crippen LogP) is 13.7. The van der Waals surface area contributed by atoms with Crippen LogP contribution in [0, 0.1) is 23.7 Å². The number of rotatable bonds is 12. The van der Waals surface area contributed by atoms with E-state index in [1.165, 1.54) is 44.2 Å². The van der Waals surface area contributed by atoms with Crippen molar-refractivity contribution in [3.05, 3.63) is 132 Å². The third-order valence-corrected chi connectivity index (χ3v) is 10.6. The van der Waals surface area contributed by atoms with Crippen LogP contribution in [0.25, 0.3) is 44.4 Å². The van der Waals surface area contributed by atoms with Gasteiger partial charge >= 0.3 is 0 Å². The predicted molar refractivity (Wildman–Crippen MR) is 231 cm³/mol. The minimum absolute atomic E-state index is 0.257. The van der Waals surface area contributed by atoms with Crippen molar-refractivity contribution in [2.75, 3.05) is 0 Å². The smallest absolute Gasteiger partial charge is 0.137 e. The van der Waals surface area contributed by atoms with Crippen LogP contribution in [0.2, 0.25) is 0 Å². The van der Waals surface area contributed by atoms with Crippen molar-refractivity contribution in [3.8, 4) is 34.1 Å². The van der Waals surface area contributed by atoms with E-state index in [2.05, 4.69) is 152 Å². The van der Waals surface area contributed by atoms with E-state index in [9.17, 15) is 0 Å². The lowest BCUT2D eigenvalue weighted by Crippen LogP contribution is -2.10. The zero-order chi connectivity index (χ0) is 38.9. The summed E-state index contributed by atoms with van der Waals surface area (Å²) in [7, 11) is 0. The van der Waals surface area contributed by atoms with Gasteiger partial charge in [-0.3, -0.25) is 4.57 Å². The van der Waals surface area contributed by atoms with Crippen LogP contribution in [0.15, 0.2) is 110 Å². The van der Waals surface area contributed by atoms with E-state index in [-0.39, 0.29) is 10.8 Å². The Kier molecular flexibility index (Phi) is 10.8. The second-order valence-corrected chi connectivity index (χ2v) is 18.3. The maximum absolute atomic E-state index is 6.62. The third-order valence-electron chi connectivity index (χ3n) is 10.6. The Hall–Kier alpha value is -5.16. The SMILES string of the molecule is Cc1cc(CCC(C)(C)C)c(-c2cnn(-c3cccc(Oc4ccc5c6ccccc6n(-c6cc(CCC(C)C)ccn6)c5c4)c3)c2)c(CCC(C)(C)C)c1. The number of para-hydroxylation sites is 1. The first-order chi connectivity index (χ1) is 26.2. The number of fused-ring (bicyclic) bond motifs is 3. The molecule has 55 heavy (non-hydrogen) atoms. The molecule has 0 unspecified atom stereocenters. The molecular formula is C50H58N4O. The number of ether oxygens (including phenoxy) is 1. The second-order valence-electron chi connectivity index (χ2n) is 18.3. The molecule has 0 radical (unpaired) electrons. The number of hydrogen-bond acceptors (Lipinski definition) is 3. The Labute approximate surface area is 328 Å². The van der Waals surface area contributed by atoms with Crippen molar-refractivity contribution in [2.24, 2.45) is 16.7 Å². The average Bonchev–Trinajstić information content (AvgIpc) is 3.75. The standard InChI is InChI=1S/C50H58N4O/c1-34(2)17-18-36-23-26-51-47(29-36)54-45-16-11-10-15-43(45)44-20-19-42(31-46(44)54)55-41-14-12-13-40(30-41)53-33-39(32-52-53)48-37(21-24-49(4,5)6)27-35(3)28-38(48)22-25-50(7,8)9/h10-16,19-20,23,26-34H,17-18,21-22,24-25H2,1-9H3. The maximum atomic E-state index is 6.62. The normalized spacial score (nSPS) is 12.3. The zero-order valence-electron chi connectivity index (χ0n) is 34.4. The number of benzene rings is 4. The highest BCUT2D eigenvalue weighted by Gasteiger charge is 2.20. The monoisotopic (exact) mass is 730 g/mol. The summed E-state index contributed by atoms with van der Waals surface area (Å²) in [5.74, 6) is 3.12. The van der Waals surface area contributed by atoms with Crippen LogP contribution in [0.1, 0.15) is 96.9 Å². The van der Waals surface area contributed by atoms with Gasteiger partial charge in [-0.2, -0.15) is 5.10 Å². The van der Waals surface area contributed by atoms with Crippen LogP contribution in [0.3, 0.4) is 0 Å². The highest BCUT2D eigenvalue weighted by atomic mass is 16.5. The van der Waals surface area contributed by atoms with Crippen molar-refractivity contribution >= 4 is 21.8 Å². The molecular weight excluding hydrogens is 673 g/mol. The molecule has 7 aromatic rings. The van der Waals surface area contributed by atoms with E-state index in [1.807, 2.05) is 29.2 Å². The van der Waals surface area contributed by atoms with Crippen LogP contribution >= 0.6 is 0 Å². The summed E-state index contributed by atoms with van der Waals surface area (Å²) in [6, 6.07) is 32.4.